The number of nitriles is 1. The van der Waals surface area contributed by atoms with E-state index in [2.05, 4.69) is 28.8 Å². The minimum atomic E-state index is -3.65. The highest BCUT2D eigenvalue weighted by atomic mass is 32.2. The molecule has 30 heavy (non-hydrogen) atoms. The molecule has 0 fully saturated rings. The van der Waals surface area contributed by atoms with Gasteiger partial charge in [-0.2, -0.15) is 5.26 Å². The highest BCUT2D eigenvalue weighted by Gasteiger charge is 2.18. The summed E-state index contributed by atoms with van der Waals surface area (Å²) in [6.45, 7) is 0. The summed E-state index contributed by atoms with van der Waals surface area (Å²) in [5.74, 6) is 0. The first-order chi connectivity index (χ1) is 14.6. The molecule has 1 aromatic heterocycles. The molecule has 0 N–H and O–H groups in total. The van der Waals surface area contributed by atoms with Gasteiger partial charge in [-0.15, -0.1) is 0 Å². The van der Waals surface area contributed by atoms with E-state index in [0.717, 1.165) is 27.5 Å². The number of sulfone groups is 1. The molecule has 0 aliphatic carbocycles. The second-order valence-corrected chi connectivity index (χ2v) is 8.95. The van der Waals surface area contributed by atoms with Crippen LogP contribution in [0.25, 0.3) is 27.5 Å². The molecule has 0 bridgehead atoms. The summed E-state index contributed by atoms with van der Waals surface area (Å²) in [6, 6.07) is 31.2. The third-order valence-electron chi connectivity index (χ3n) is 5.28. The predicted molar refractivity (Wildman–Crippen MR) is 117 cm³/mol. The van der Waals surface area contributed by atoms with Crippen molar-refractivity contribution >= 4 is 31.6 Å². The molecule has 0 saturated carbocycles. The molecule has 0 atom stereocenters. The van der Waals surface area contributed by atoms with E-state index >= 15 is 0 Å². The zero-order chi connectivity index (χ0) is 20.7. The lowest BCUT2D eigenvalue weighted by atomic mass is 10.2. The lowest BCUT2D eigenvalue weighted by Gasteiger charge is -2.10. The summed E-state index contributed by atoms with van der Waals surface area (Å²) >= 11 is 0. The van der Waals surface area contributed by atoms with Crippen molar-refractivity contribution < 1.29 is 8.42 Å². The number of rotatable bonds is 3. The fourth-order valence-corrected chi connectivity index (χ4v) is 5.08. The third-order valence-corrected chi connectivity index (χ3v) is 7.06. The van der Waals surface area contributed by atoms with Gasteiger partial charge in [0.1, 0.15) is 0 Å². The molecule has 0 amide bonds. The molecule has 0 saturated heterocycles. The number of benzene rings is 4. The highest BCUT2D eigenvalue weighted by Crippen LogP contribution is 2.32. The maximum absolute atomic E-state index is 13.0. The van der Waals surface area contributed by atoms with Crippen molar-refractivity contribution in [1.82, 2.24) is 4.57 Å². The molecule has 5 heteroatoms. The topological polar surface area (TPSA) is 62.9 Å². The van der Waals surface area contributed by atoms with Crippen molar-refractivity contribution in [3.63, 3.8) is 0 Å². The van der Waals surface area contributed by atoms with Gasteiger partial charge in [0.25, 0.3) is 0 Å². The first-order valence-corrected chi connectivity index (χ1v) is 10.9. The Morgan fingerprint density at radius 2 is 1.10 bits per heavy atom. The number of nitrogens with zero attached hydrogens (tertiary/aromatic N) is 2. The van der Waals surface area contributed by atoms with Crippen LogP contribution < -0.4 is 0 Å². The number of hydrogen-bond acceptors (Lipinski definition) is 3. The molecule has 0 aliphatic rings. The Balaban J connectivity index is 1.63. The van der Waals surface area contributed by atoms with E-state index < -0.39 is 9.84 Å². The summed E-state index contributed by atoms with van der Waals surface area (Å²) in [7, 11) is -3.65. The second-order valence-electron chi connectivity index (χ2n) is 7.00. The van der Waals surface area contributed by atoms with Gasteiger partial charge in [0, 0.05) is 16.5 Å². The van der Waals surface area contributed by atoms with Gasteiger partial charge in [-0.05, 0) is 60.7 Å². The fraction of sp³-hybridized carbons (Fsp3) is 0. The second kappa shape index (κ2) is 6.87. The maximum atomic E-state index is 13.0. The Kier molecular flexibility index (Phi) is 4.16. The summed E-state index contributed by atoms with van der Waals surface area (Å²) in [4.78, 5) is 0.392. The molecular weight excluding hydrogens is 392 g/mol. The predicted octanol–water partition coefficient (Wildman–Crippen LogP) is 5.49. The minimum absolute atomic E-state index is 0.172. The average molecular weight is 408 g/mol. The molecule has 4 aromatic carbocycles. The van der Waals surface area contributed by atoms with Gasteiger partial charge in [-0.1, -0.05) is 36.4 Å². The van der Waals surface area contributed by atoms with Gasteiger partial charge in [-0.3, -0.25) is 0 Å². The van der Waals surface area contributed by atoms with E-state index in [1.54, 1.807) is 12.1 Å². The Morgan fingerprint density at radius 3 is 1.60 bits per heavy atom. The number of hydrogen-bond donors (Lipinski definition) is 0. The van der Waals surface area contributed by atoms with E-state index in [-0.39, 0.29) is 9.79 Å². The van der Waals surface area contributed by atoms with Crippen LogP contribution in [-0.4, -0.2) is 13.0 Å². The van der Waals surface area contributed by atoms with Crippen LogP contribution in [0.2, 0.25) is 0 Å². The zero-order valence-corrected chi connectivity index (χ0v) is 16.7. The molecular formula is C25H16N2O2S. The van der Waals surface area contributed by atoms with E-state index in [9.17, 15) is 8.42 Å². The van der Waals surface area contributed by atoms with Gasteiger partial charge in [0.15, 0.2) is 0 Å². The van der Waals surface area contributed by atoms with Crippen LogP contribution in [0.5, 0.6) is 0 Å². The van der Waals surface area contributed by atoms with Crippen LogP contribution in [0.15, 0.2) is 107 Å². The molecule has 0 radical (unpaired) electrons. The lowest BCUT2D eigenvalue weighted by Crippen LogP contribution is -2.02. The number of para-hydroxylation sites is 2. The Labute approximate surface area is 174 Å². The van der Waals surface area contributed by atoms with Crippen molar-refractivity contribution in [3.05, 3.63) is 103 Å². The van der Waals surface area contributed by atoms with Crippen molar-refractivity contribution in [2.45, 2.75) is 9.79 Å². The summed E-state index contributed by atoms with van der Waals surface area (Å²) in [6.07, 6.45) is 0. The average Bonchev–Trinajstić information content (AvgIpc) is 3.14. The van der Waals surface area contributed by atoms with Gasteiger partial charge < -0.3 is 4.57 Å². The van der Waals surface area contributed by atoms with Crippen molar-refractivity contribution in [1.29, 1.82) is 5.26 Å². The first kappa shape index (κ1) is 18.2. The molecule has 5 aromatic rings. The lowest BCUT2D eigenvalue weighted by molar-refractivity contribution is 0.596. The van der Waals surface area contributed by atoms with Gasteiger partial charge in [0.05, 0.1) is 32.5 Å². The number of aromatic nitrogens is 1. The molecule has 0 spiro atoms. The van der Waals surface area contributed by atoms with E-state index in [1.807, 2.05) is 42.5 Å². The van der Waals surface area contributed by atoms with Crippen LogP contribution in [0.4, 0.5) is 0 Å². The standard InChI is InChI=1S/C25H16N2O2S/c26-17-18-9-13-20(14-10-18)30(28,29)21-15-11-19(12-16-21)27-24-7-3-1-5-22(24)23-6-2-4-8-25(23)27/h1-16H. The van der Waals surface area contributed by atoms with E-state index in [4.69, 9.17) is 5.26 Å². The molecule has 1 heterocycles. The molecule has 144 valence electrons. The van der Waals surface area contributed by atoms with E-state index in [0.29, 0.717) is 5.56 Å². The maximum Gasteiger partial charge on any atom is 0.206 e. The van der Waals surface area contributed by atoms with Gasteiger partial charge in [-0.25, -0.2) is 8.42 Å². The van der Waals surface area contributed by atoms with Gasteiger partial charge >= 0.3 is 0 Å². The normalized spacial score (nSPS) is 11.6. The smallest absolute Gasteiger partial charge is 0.206 e. The molecule has 0 unspecified atom stereocenters. The SMILES string of the molecule is N#Cc1ccc(S(=O)(=O)c2ccc(-n3c4ccccc4c4ccccc43)cc2)cc1. The molecule has 5 rings (SSSR count). The zero-order valence-electron chi connectivity index (χ0n) is 15.9. The van der Waals surface area contributed by atoms with E-state index in [1.165, 1.54) is 24.3 Å². The van der Waals surface area contributed by atoms with Crippen LogP contribution in [0, 0.1) is 11.3 Å². The van der Waals surface area contributed by atoms with Crippen molar-refractivity contribution in [2.24, 2.45) is 0 Å². The van der Waals surface area contributed by atoms with Crippen LogP contribution in [-0.2, 0) is 9.84 Å². The number of fused-ring (bicyclic) bond motifs is 3. The van der Waals surface area contributed by atoms with Crippen LogP contribution in [0.1, 0.15) is 5.56 Å². The first-order valence-electron chi connectivity index (χ1n) is 9.43. The molecule has 4 nitrogen and oxygen atoms in total. The molecule has 0 aliphatic heterocycles. The van der Waals surface area contributed by atoms with Crippen LogP contribution in [0.3, 0.4) is 0 Å². The van der Waals surface area contributed by atoms with Crippen LogP contribution >= 0.6 is 0 Å². The highest BCUT2D eigenvalue weighted by molar-refractivity contribution is 7.91. The summed E-state index contributed by atoms with van der Waals surface area (Å²) in [5.41, 5.74) is 3.46. The summed E-state index contributed by atoms with van der Waals surface area (Å²) < 4.78 is 28.1. The van der Waals surface area contributed by atoms with Crippen molar-refractivity contribution in [2.75, 3.05) is 0 Å². The third kappa shape index (κ3) is 2.78. The largest absolute Gasteiger partial charge is 0.309 e. The summed E-state index contributed by atoms with van der Waals surface area (Å²) in [5, 5.41) is 11.2. The Bertz CT molecular complexity index is 1490. The van der Waals surface area contributed by atoms with Gasteiger partial charge in [0.2, 0.25) is 9.84 Å². The Morgan fingerprint density at radius 1 is 0.633 bits per heavy atom. The van der Waals surface area contributed by atoms with Crippen molar-refractivity contribution in [3.8, 4) is 11.8 Å². The Hall–Kier alpha value is -3.88. The minimum Gasteiger partial charge on any atom is -0.309 e. The monoisotopic (exact) mass is 408 g/mol. The quantitative estimate of drug-likeness (QED) is 0.397. The fourth-order valence-electron chi connectivity index (χ4n) is 3.82.